The predicted octanol–water partition coefficient (Wildman–Crippen LogP) is 4.48. The summed E-state index contributed by atoms with van der Waals surface area (Å²) >= 11 is 1.73. The quantitative estimate of drug-likeness (QED) is 0.489. The zero-order valence-electron chi connectivity index (χ0n) is 14.6. The number of hydrogen-bond donors (Lipinski definition) is 2. The van der Waals surface area contributed by atoms with Crippen molar-refractivity contribution in [1.29, 1.82) is 0 Å². The minimum absolute atomic E-state index is 0.136. The summed E-state index contributed by atoms with van der Waals surface area (Å²) in [6.45, 7) is 2.16. The molecule has 2 heterocycles. The second-order valence-electron chi connectivity index (χ2n) is 6.50. The third kappa shape index (κ3) is 3.21. The molecule has 2 aromatic heterocycles. The lowest BCUT2D eigenvalue weighted by Gasteiger charge is -2.19. The lowest BCUT2D eigenvalue weighted by Crippen LogP contribution is -2.87. The van der Waals surface area contributed by atoms with Gasteiger partial charge in [-0.2, -0.15) is 0 Å². The number of quaternary nitrogens is 1. The molecule has 0 aliphatic heterocycles. The van der Waals surface area contributed by atoms with Crippen LogP contribution >= 0.6 is 11.3 Å². The van der Waals surface area contributed by atoms with Crippen molar-refractivity contribution >= 4 is 28.0 Å². The van der Waals surface area contributed by atoms with E-state index >= 15 is 0 Å². The smallest absolute Gasteiger partial charge is 0.226 e. The first-order valence-electron chi connectivity index (χ1n) is 8.77. The standard InChI is InChI=1S/C22H20N2OS/c1-15(20-12-7-13-26-20)24-21(16-8-3-2-4-9-16)22(25)18-14-23-19-11-6-5-10-17(18)19/h2-15,21,23-24H,1H3/p+1/t15-,21+/m0/s1. The van der Waals surface area contributed by atoms with Gasteiger partial charge in [0.2, 0.25) is 5.78 Å². The van der Waals surface area contributed by atoms with Crippen LogP contribution in [0.4, 0.5) is 0 Å². The topological polar surface area (TPSA) is 49.5 Å². The normalized spacial score (nSPS) is 13.6. The van der Waals surface area contributed by atoms with E-state index in [1.807, 2.05) is 60.8 Å². The van der Waals surface area contributed by atoms with Crippen LogP contribution in [0.1, 0.15) is 39.8 Å². The number of thiophene rings is 1. The number of aromatic nitrogens is 1. The lowest BCUT2D eigenvalue weighted by molar-refractivity contribution is -0.717. The first-order valence-corrected chi connectivity index (χ1v) is 9.65. The molecular formula is C22H21N2OS+. The summed E-state index contributed by atoms with van der Waals surface area (Å²) in [6, 6.07) is 22.1. The van der Waals surface area contributed by atoms with E-state index in [-0.39, 0.29) is 17.9 Å². The fourth-order valence-corrected chi connectivity index (χ4v) is 4.15. The number of ketones is 1. The van der Waals surface area contributed by atoms with Gasteiger partial charge in [0.15, 0.2) is 6.04 Å². The molecule has 0 amide bonds. The highest BCUT2D eigenvalue weighted by molar-refractivity contribution is 7.10. The molecule has 2 atom stereocenters. The van der Waals surface area contributed by atoms with Gasteiger partial charge < -0.3 is 10.3 Å². The Morgan fingerprint density at radius 3 is 2.54 bits per heavy atom. The largest absolute Gasteiger partial charge is 0.360 e. The molecule has 0 aliphatic rings. The van der Waals surface area contributed by atoms with Crippen molar-refractivity contribution < 1.29 is 10.1 Å². The number of nitrogens with two attached hydrogens (primary N) is 1. The van der Waals surface area contributed by atoms with Crippen LogP contribution in [0.2, 0.25) is 0 Å². The molecule has 26 heavy (non-hydrogen) atoms. The van der Waals surface area contributed by atoms with Gasteiger partial charge in [-0.1, -0.05) is 54.6 Å². The SMILES string of the molecule is C[C@H]([NH2+][C@@H](C(=O)c1c[nH]c2ccccc12)c1ccccc1)c1cccs1. The number of carbonyl (C=O) groups excluding carboxylic acids is 1. The number of rotatable bonds is 6. The number of Topliss-reactive ketones (excluding diaryl/α,β-unsaturated/α-hetero) is 1. The highest BCUT2D eigenvalue weighted by Gasteiger charge is 2.29. The third-order valence-corrected chi connectivity index (χ3v) is 5.84. The molecule has 0 radical (unpaired) electrons. The maximum Gasteiger partial charge on any atom is 0.226 e. The highest BCUT2D eigenvalue weighted by atomic mass is 32.1. The number of fused-ring (bicyclic) bond motifs is 1. The molecule has 4 rings (SSSR count). The summed E-state index contributed by atoms with van der Waals surface area (Å²) < 4.78 is 0. The number of nitrogens with one attached hydrogen (secondary N) is 1. The Labute approximate surface area is 156 Å². The van der Waals surface area contributed by atoms with Crippen molar-refractivity contribution in [2.75, 3.05) is 0 Å². The Morgan fingerprint density at radius 2 is 1.77 bits per heavy atom. The molecule has 3 N–H and O–H groups in total. The Balaban J connectivity index is 1.71. The minimum atomic E-state index is -0.271. The van der Waals surface area contributed by atoms with Crippen molar-refractivity contribution in [3.05, 3.63) is 94.3 Å². The number of aromatic amines is 1. The van der Waals surface area contributed by atoms with Gasteiger partial charge in [-0.3, -0.25) is 4.79 Å². The van der Waals surface area contributed by atoms with Crippen LogP contribution in [-0.4, -0.2) is 10.8 Å². The van der Waals surface area contributed by atoms with Gasteiger partial charge in [0.25, 0.3) is 0 Å². The monoisotopic (exact) mass is 361 g/mol. The van der Waals surface area contributed by atoms with Crippen molar-refractivity contribution in [3.63, 3.8) is 0 Å². The van der Waals surface area contributed by atoms with E-state index in [4.69, 9.17) is 0 Å². The molecule has 4 heteroatoms. The fraction of sp³-hybridized carbons (Fsp3) is 0.136. The summed E-state index contributed by atoms with van der Waals surface area (Å²) in [5.74, 6) is 0.136. The zero-order valence-corrected chi connectivity index (χ0v) is 15.4. The average molecular weight is 361 g/mol. The van der Waals surface area contributed by atoms with Gasteiger partial charge in [-0.15, -0.1) is 11.3 Å². The maximum absolute atomic E-state index is 13.5. The van der Waals surface area contributed by atoms with Crippen LogP contribution in [0.25, 0.3) is 10.9 Å². The van der Waals surface area contributed by atoms with Crippen LogP contribution in [-0.2, 0) is 0 Å². The second-order valence-corrected chi connectivity index (χ2v) is 7.48. The predicted molar refractivity (Wildman–Crippen MR) is 106 cm³/mol. The van der Waals surface area contributed by atoms with Crippen LogP contribution < -0.4 is 5.32 Å². The van der Waals surface area contributed by atoms with Crippen molar-refractivity contribution in [2.45, 2.75) is 19.0 Å². The Morgan fingerprint density at radius 1 is 1.00 bits per heavy atom. The van der Waals surface area contributed by atoms with Crippen LogP contribution in [0.5, 0.6) is 0 Å². The molecule has 3 nitrogen and oxygen atoms in total. The van der Waals surface area contributed by atoms with E-state index in [1.54, 1.807) is 11.3 Å². The number of H-pyrrole nitrogens is 1. The molecule has 2 aromatic carbocycles. The molecule has 0 spiro atoms. The molecule has 0 aliphatic carbocycles. The van der Waals surface area contributed by atoms with Gasteiger partial charge in [0.05, 0.1) is 4.88 Å². The third-order valence-electron chi connectivity index (χ3n) is 4.77. The lowest BCUT2D eigenvalue weighted by atomic mass is 9.96. The number of hydrogen-bond acceptors (Lipinski definition) is 2. The Bertz CT molecular complexity index is 1010. The summed E-state index contributed by atoms with van der Waals surface area (Å²) in [5, 5.41) is 5.24. The highest BCUT2D eigenvalue weighted by Crippen LogP contribution is 2.24. The van der Waals surface area contributed by atoms with Gasteiger partial charge in [-0.05, 0) is 24.4 Å². The van der Waals surface area contributed by atoms with E-state index in [2.05, 4.69) is 34.7 Å². The summed E-state index contributed by atoms with van der Waals surface area (Å²) in [4.78, 5) is 18.0. The minimum Gasteiger partial charge on any atom is -0.360 e. The second kappa shape index (κ2) is 7.28. The molecule has 4 aromatic rings. The average Bonchev–Trinajstić information content (AvgIpc) is 3.36. The fourth-order valence-electron chi connectivity index (χ4n) is 3.39. The summed E-state index contributed by atoms with van der Waals surface area (Å²) in [7, 11) is 0. The molecule has 130 valence electrons. The number of carbonyl (C=O) groups is 1. The van der Waals surface area contributed by atoms with E-state index < -0.39 is 0 Å². The van der Waals surface area contributed by atoms with E-state index in [0.29, 0.717) is 0 Å². The van der Waals surface area contributed by atoms with Gasteiger partial charge >= 0.3 is 0 Å². The van der Waals surface area contributed by atoms with Gasteiger partial charge in [0.1, 0.15) is 6.04 Å². The molecule has 0 unspecified atom stereocenters. The van der Waals surface area contributed by atoms with Crippen LogP contribution in [0, 0.1) is 0 Å². The zero-order chi connectivity index (χ0) is 17.9. The Hall–Kier alpha value is -2.69. The van der Waals surface area contributed by atoms with Crippen molar-refractivity contribution in [1.82, 2.24) is 4.98 Å². The summed E-state index contributed by atoms with van der Waals surface area (Å²) in [6.07, 6.45) is 1.84. The van der Waals surface area contributed by atoms with Crippen molar-refractivity contribution in [3.8, 4) is 0 Å². The Kier molecular flexibility index (Phi) is 4.69. The van der Waals surface area contributed by atoms with Crippen LogP contribution in [0.3, 0.4) is 0 Å². The van der Waals surface area contributed by atoms with Gasteiger partial charge in [-0.25, -0.2) is 0 Å². The summed E-state index contributed by atoms with van der Waals surface area (Å²) in [5.41, 5.74) is 2.78. The van der Waals surface area contributed by atoms with Crippen molar-refractivity contribution in [2.24, 2.45) is 0 Å². The molecule has 0 fully saturated rings. The first-order chi connectivity index (χ1) is 12.7. The van der Waals surface area contributed by atoms with E-state index in [9.17, 15) is 4.79 Å². The number of para-hydroxylation sites is 1. The molecule has 0 saturated carbocycles. The number of benzene rings is 2. The van der Waals surface area contributed by atoms with E-state index in [0.717, 1.165) is 22.0 Å². The molecular weight excluding hydrogens is 340 g/mol. The molecule has 0 saturated heterocycles. The maximum atomic E-state index is 13.5. The van der Waals surface area contributed by atoms with E-state index in [1.165, 1.54) is 4.88 Å². The first kappa shape index (κ1) is 16.8. The van der Waals surface area contributed by atoms with Gasteiger partial charge in [0, 0.05) is 28.2 Å². The molecule has 0 bridgehead atoms. The van der Waals surface area contributed by atoms with Crippen LogP contribution in [0.15, 0.2) is 78.3 Å².